The maximum absolute atomic E-state index is 6.50. The molecule has 3 aliphatic rings. The first-order valence-corrected chi connectivity index (χ1v) is 8.02. The average molecular weight is 256 g/mol. The van der Waals surface area contributed by atoms with Gasteiger partial charge in [0.15, 0.2) is 0 Å². The summed E-state index contributed by atoms with van der Waals surface area (Å²) in [7, 11) is 2.32. The summed E-state index contributed by atoms with van der Waals surface area (Å²) in [6, 6.07) is 0.657. The van der Waals surface area contributed by atoms with Crippen LogP contribution in [0.3, 0.4) is 0 Å². The molecule has 2 heteroatoms. The molecule has 3 fully saturated rings. The Bertz CT molecular complexity index is 268. The lowest BCUT2D eigenvalue weighted by molar-refractivity contribution is 0.146. The van der Waals surface area contributed by atoms with E-state index in [0.717, 1.165) is 17.8 Å². The van der Waals surface area contributed by atoms with E-state index < -0.39 is 0 Å². The summed E-state index contributed by atoms with van der Waals surface area (Å²) in [6.07, 6.45) is 11.4. The maximum Gasteiger partial charge on any atom is 0.0491 e. The normalized spacial score (nSPS) is 45.7. The van der Waals surface area contributed by atoms with Crippen LogP contribution in [0.25, 0.3) is 0 Å². The van der Waals surface area contributed by atoms with Gasteiger partial charge in [-0.05, 0) is 56.9 Å². The molecule has 0 aliphatic heterocycles. The first kappa shape index (κ1) is 12.3. The van der Waals surface area contributed by atoms with Crippen LogP contribution < -0.4 is 0 Å². The standard InChI is InChI=1S/C15H26ClN/c1-17(15-5-3-2-4-14(15)16)10-13-9-11-6-7-12(13)8-11/h11-15H,2-10H2,1H3. The predicted molar refractivity (Wildman–Crippen MR) is 73.5 cm³/mol. The molecule has 0 aromatic carbocycles. The number of hydrogen-bond acceptors (Lipinski definition) is 1. The molecular weight excluding hydrogens is 230 g/mol. The first-order valence-electron chi connectivity index (χ1n) is 7.58. The van der Waals surface area contributed by atoms with Crippen LogP contribution in [0.2, 0.25) is 0 Å². The van der Waals surface area contributed by atoms with E-state index in [9.17, 15) is 0 Å². The molecular formula is C15H26ClN. The van der Waals surface area contributed by atoms with Crippen molar-refractivity contribution in [3.8, 4) is 0 Å². The van der Waals surface area contributed by atoms with Gasteiger partial charge in [-0.25, -0.2) is 0 Å². The molecule has 3 aliphatic carbocycles. The Morgan fingerprint density at radius 3 is 2.53 bits per heavy atom. The minimum absolute atomic E-state index is 0.410. The van der Waals surface area contributed by atoms with Crippen molar-refractivity contribution in [3.63, 3.8) is 0 Å². The van der Waals surface area contributed by atoms with Crippen LogP contribution in [-0.4, -0.2) is 29.9 Å². The van der Waals surface area contributed by atoms with Crippen molar-refractivity contribution in [2.75, 3.05) is 13.6 Å². The van der Waals surface area contributed by atoms with E-state index in [1.165, 1.54) is 57.9 Å². The Kier molecular flexibility index (Phi) is 3.68. The number of fused-ring (bicyclic) bond motifs is 2. The van der Waals surface area contributed by atoms with Crippen LogP contribution in [0.5, 0.6) is 0 Å². The summed E-state index contributed by atoms with van der Waals surface area (Å²) in [5.41, 5.74) is 0. The molecule has 3 rings (SSSR count). The molecule has 1 nitrogen and oxygen atoms in total. The van der Waals surface area contributed by atoms with Crippen molar-refractivity contribution < 1.29 is 0 Å². The molecule has 3 saturated carbocycles. The largest absolute Gasteiger partial charge is 0.302 e. The monoisotopic (exact) mass is 255 g/mol. The van der Waals surface area contributed by atoms with Gasteiger partial charge in [0.2, 0.25) is 0 Å². The van der Waals surface area contributed by atoms with E-state index in [4.69, 9.17) is 11.6 Å². The maximum atomic E-state index is 6.50. The summed E-state index contributed by atoms with van der Waals surface area (Å²) in [4.78, 5) is 2.60. The van der Waals surface area contributed by atoms with Crippen LogP contribution in [0.1, 0.15) is 51.4 Å². The zero-order valence-corrected chi connectivity index (χ0v) is 11.8. The predicted octanol–water partition coefficient (Wildman–Crippen LogP) is 3.90. The summed E-state index contributed by atoms with van der Waals surface area (Å²) < 4.78 is 0. The highest BCUT2D eigenvalue weighted by Gasteiger charge is 2.40. The third kappa shape index (κ3) is 2.51. The molecule has 17 heavy (non-hydrogen) atoms. The van der Waals surface area contributed by atoms with Gasteiger partial charge >= 0.3 is 0 Å². The van der Waals surface area contributed by atoms with E-state index in [0.29, 0.717) is 11.4 Å². The van der Waals surface area contributed by atoms with Crippen LogP contribution in [-0.2, 0) is 0 Å². The average Bonchev–Trinajstić information content (AvgIpc) is 2.91. The van der Waals surface area contributed by atoms with E-state index in [2.05, 4.69) is 11.9 Å². The van der Waals surface area contributed by atoms with E-state index in [1.807, 2.05) is 0 Å². The lowest BCUT2D eigenvalue weighted by Gasteiger charge is -2.37. The number of halogens is 1. The lowest BCUT2D eigenvalue weighted by Crippen LogP contribution is -2.43. The van der Waals surface area contributed by atoms with Gasteiger partial charge in [0.25, 0.3) is 0 Å². The van der Waals surface area contributed by atoms with Gasteiger partial charge < -0.3 is 4.90 Å². The summed E-state index contributed by atoms with van der Waals surface area (Å²) in [6.45, 7) is 1.31. The van der Waals surface area contributed by atoms with Gasteiger partial charge in [0.1, 0.15) is 0 Å². The zero-order valence-electron chi connectivity index (χ0n) is 11.1. The molecule has 0 amide bonds. The number of nitrogens with zero attached hydrogens (tertiary/aromatic N) is 1. The zero-order chi connectivity index (χ0) is 11.8. The molecule has 5 unspecified atom stereocenters. The Hall–Kier alpha value is 0.250. The third-order valence-corrected chi connectivity index (χ3v) is 6.13. The SMILES string of the molecule is CN(CC1CC2CCC1C2)C1CCCCC1Cl. The Morgan fingerprint density at radius 2 is 1.88 bits per heavy atom. The van der Waals surface area contributed by atoms with Gasteiger partial charge in [0, 0.05) is 18.0 Å². The Labute approximate surface area is 111 Å². The number of alkyl halides is 1. The van der Waals surface area contributed by atoms with Gasteiger partial charge in [-0.2, -0.15) is 0 Å². The Morgan fingerprint density at radius 1 is 1.06 bits per heavy atom. The molecule has 0 aromatic heterocycles. The van der Waals surface area contributed by atoms with Crippen molar-refractivity contribution >= 4 is 11.6 Å². The molecule has 0 spiro atoms. The summed E-state index contributed by atoms with van der Waals surface area (Å²) >= 11 is 6.50. The van der Waals surface area contributed by atoms with E-state index >= 15 is 0 Å². The number of hydrogen-bond donors (Lipinski definition) is 0. The van der Waals surface area contributed by atoms with Crippen molar-refractivity contribution in [2.24, 2.45) is 17.8 Å². The minimum Gasteiger partial charge on any atom is -0.302 e. The quantitative estimate of drug-likeness (QED) is 0.692. The molecule has 0 radical (unpaired) electrons. The fourth-order valence-corrected chi connectivity index (χ4v) is 5.14. The highest BCUT2D eigenvalue weighted by molar-refractivity contribution is 6.21. The molecule has 2 bridgehead atoms. The number of rotatable bonds is 3. The first-order chi connectivity index (χ1) is 8.24. The van der Waals surface area contributed by atoms with Crippen LogP contribution in [0, 0.1) is 17.8 Å². The second-order valence-corrected chi connectivity index (χ2v) is 7.30. The van der Waals surface area contributed by atoms with Crippen LogP contribution >= 0.6 is 11.6 Å². The van der Waals surface area contributed by atoms with Gasteiger partial charge in [-0.15, -0.1) is 11.6 Å². The minimum atomic E-state index is 0.410. The molecule has 0 heterocycles. The molecule has 0 aromatic rings. The van der Waals surface area contributed by atoms with Crippen molar-refractivity contribution in [3.05, 3.63) is 0 Å². The molecule has 98 valence electrons. The van der Waals surface area contributed by atoms with Crippen molar-refractivity contribution in [1.82, 2.24) is 4.90 Å². The fraction of sp³-hybridized carbons (Fsp3) is 1.00. The van der Waals surface area contributed by atoms with Crippen molar-refractivity contribution in [1.29, 1.82) is 0 Å². The van der Waals surface area contributed by atoms with Gasteiger partial charge in [0.05, 0.1) is 0 Å². The highest BCUT2D eigenvalue weighted by Crippen LogP contribution is 2.48. The van der Waals surface area contributed by atoms with Gasteiger partial charge in [-0.3, -0.25) is 0 Å². The smallest absolute Gasteiger partial charge is 0.0491 e. The van der Waals surface area contributed by atoms with Gasteiger partial charge in [-0.1, -0.05) is 19.3 Å². The fourth-order valence-electron chi connectivity index (χ4n) is 4.67. The van der Waals surface area contributed by atoms with E-state index in [1.54, 1.807) is 0 Å². The molecule has 5 atom stereocenters. The van der Waals surface area contributed by atoms with E-state index in [-0.39, 0.29) is 0 Å². The third-order valence-electron chi connectivity index (χ3n) is 5.62. The van der Waals surface area contributed by atoms with Crippen molar-refractivity contribution in [2.45, 2.75) is 62.8 Å². The topological polar surface area (TPSA) is 3.24 Å². The second-order valence-electron chi connectivity index (χ2n) is 6.74. The molecule has 0 N–H and O–H groups in total. The second kappa shape index (κ2) is 5.09. The molecule has 0 saturated heterocycles. The van der Waals surface area contributed by atoms with Crippen LogP contribution in [0.4, 0.5) is 0 Å². The summed E-state index contributed by atoms with van der Waals surface area (Å²) in [5.74, 6) is 3.13. The van der Waals surface area contributed by atoms with Crippen LogP contribution in [0.15, 0.2) is 0 Å². The lowest BCUT2D eigenvalue weighted by atomic mass is 9.87. The summed E-state index contributed by atoms with van der Waals surface area (Å²) in [5, 5.41) is 0.410. The Balaban J connectivity index is 1.54. The highest BCUT2D eigenvalue weighted by atomic mass is 35.5.